The molecule has 0 amide bonds. The molecule has 2 rings (SSSR count). The van der Waals surface area contributed by atoms with Crippen LogP contribution in [0, 0.1) is 0 Å². The third-order valence-corrected chi connectivity index (χ3v) is 2.51. The molecule has 0 spiro atoms. The van der Waals surface area contributed by atoms with Gasteiger partial charge in [-0.15, -0.1) is 0 Å². The number of phenolic OH excluding ortho intramolecular Hbond substituents is 1. The molecule has 1 nitrogen and oxygen atoms in total. The Hall–Kier alpha value is -0.951. The molecule has 0 aliphatic carbocycles. The summed E-state index contributed by atoms with van der Waals surface area (Å²) in [5.74, 6) is 0.295. The maximum Gasteiger partial charge on any atom is 0.119 e. The molecule has 0 aliphatic rings. The summed E-state index contributed by atoms with van der Waals surface area (Å²) in [5, 5.41) is 10.3. The molecule has 87 valence electrons. The van der Waals surface area contributed by atoms with Crippen LogP contribution in [0.2, 0.25) is 5.02 Å². The Balaban J connectivity index is 0.00000128. The summed E-state index contributed by atoms with van der Waals surface area (Å²) in [6.07, 6.45) is 0.702. The Bertz CT molecular complexity index is 457. The third kappa shape index (κ3) is 3.28. The van der Waals surface area contributed by atoms with Crippen molar-refractivity contribution in [2.24, 2.45) is 0 Å². The molecule has 0 aliphatic heterocycles. The van der Waals surface area contributed by atoms with Crippen molar-refractivity contribution >= 4 is 11.6 Å². The maximum absolute atomic E-state index is 9.64. The predicted molar refractivity (Wildman–Crippen MR) is 62.4 cm³/mol. The van der Waals surface area contributed by atoms with E-state index >= 15 is 0 Å². The molecule has 1 N–H and O–H groups in total. The van der Waals surface area contributed by atoms with E-state index in [0.29, 0.717) is 17.2 Å². The first-order valence-corrected chi connectivity index (χ1v) is 5.15. The first-order chi connectivity index (χ1) is 7.25. The summed E-state index contributed by atoms with van der Waals surface area (Å²) in [5.41, 5.74) is 2.02. The van der Waals surface area contributed by atoms with Gasteiger partial charge in [-0.2, -0.15) is 0 Å². The van der Waals surface area contributed by atoms with E-state index in [-0.39, 0.29) is 17.1 Å². The van der Waals surface area contributed by atoms with Crippen molar-refractivity contribution in [3.8, 4) is 5.75 Å². The zero-order valence-corrected chi connectivity index (χ0v) is 10.2. The van der Waals surface area contributed by atoms with Gasteiger partial charge >= 0.3 is 0 Å². The first-order valence-electron chi connectivity index (χ1n) is 4.77. The molecule has 0 fully saturated rings. The zero-order chi connectivity index (χ0) is 10.7. The zero-order valence-electron chi connectivity index (χ0n) is 8.45. The van der Waals surface area contributed by atoms with E-state index in [1.165, 1.54) is 0 Å². The van der Waals surface area contributed by atoms with Crippen molar-refractivity contribution in [1.29, 1.82) is 0 Å². The summed E-state index contributed by atoms with van der Waals surface area (Å²) in [4.78, 5) is 0. The summed E-state index contributed by atoms with van der Waals surface area (Å²) in [6.45, 7) is 0. The largest absolute Gasteiger partial charge is 0.508 e. The van der Waals surface area contributed by atoms with Crippen LogP contribution in [-0.2, 0) is 23.5 Å². The Labute approximate surface area is 111 Å². The molecule has 16 heavy (non-hydrogen) atoms. The van der Waals surface area contributed by atoms with E-state index in [2.05, 4.69) is 0 Å². The second-order valence-electron chi connectivity index (χ2n) is 3.44. The van der Waals surface area contributed by atoms with Crippen LogP contribution in [-0.4, -0.2) is 5.11 Å². The van der Waals surface area contributed by atoms with Crippen LogP contribution in [0.15, 0.2) is 48.5 Å². The second-order valence-corrected chi connectivity index (χ2v) is 3.87. The quantitative estimate of drug-likeness (QED) is 0.834. The molecular formula is C13H11ClCuO. The van der Waals surface area contributed by atoms with Crippen molar-refractivity contribution in [2.45, 2.75) is 6.42 Å². The van der Waals surface area contributed by atoms with Crippen LogP contribution in [0.4, 0.5) is 0 Å². The molecule has 0 bridgehead atoms. The van der Waals surface area contributed by atoms with Gasteiger partial charge in [0.25, 0.3) is 0 Å². The maximum atomic E-state index is 9.64. The molecular weight excluding hydrogens is 271 g/mol. The molecule has 0 unspecified atom stereocenters. The van der Waals surface area contributed by atoms with Gasteiger partial charge in [-0.05, 0) is 29.3 Å². The van der Waals surface area contributed by atoms with Gasteiger partial charge in [0.2, 0.25) is 0 Å². The van der Waals surface area contributed by atoms with Crippen molar-refractivity contribution in [3.63, 3.8) is 0 Å². The second kappa shape index (κ2) is 5.95. The minimum Gasteiger partial charge on any atom is -0.508 e. The smallest absolute Gasteiger partial charge is 0.119 e. The molecule has 0 heterocycles. The molecule has 0 atom stereocenters. The molecule has 0 saturated heterocycles. The Morgan fingerprint density at radius 1 is 1.00 bits per heavy atom. The average Bonchev–Trinajstić information content (AvgIpc) is 2.25. The van der Waals surface area contributed by atoms with Gasteiger partial charge in [-0.25, -0.2) is 0 Å². The average molecular weight is 282 g/mol. The van der Waals surface area contributed by atoms with Crippen molar-refractivity contribution in [2.75, 3.05) is 0 Å². The SMILES string of the molecule is Oc1ccc(Cl)cc1Cc1ccccc1.[Cu]. The topological polar surface area (TPSA) is 20.2 Å². The summed E-state index contributed by atoms with van der Waals surface area (Å²) in [6, 6.07) is 15.1. The number of aromatic hydroxyl groups is 1. The molecule has 3 heteroatoms. The van der Waals surface area contributed by atoms with E-state index in [1.54, 1.807) is 18.2 Å². The monoisotopic (exact) mass is 281 g/mol. The fraction of sp³-hybridized carbons (Fsp3) is 0.0769. The molecule has 2 aromatic rings. The Morgan fingerprint density at radius 3 is 2.38 bits per heavy atom. The molecule has 0 saturated carbocycles. The van der Waals surface area contributed by atoms with E-state index in [9.17, 15) is 5.11 Å². The van der Waals surface area contributed by atoms with Gasteiger partial charge in [0.15, 0.2) is 0 Å². The molecule has 1 radical (unpaired) electrons. The van der Waals surface area contributed by atoms with Gasteiger partial charge in [0, 0.05) is 28.5 Å². The van der Waals surface area contributed by atoms with E-state index < -0.39 is 0 Å². The van der Waals surface area contributed by atoms with Gasteiger partial charge < -0.3 is 5.11 Å². The van der Waals surface area contributed by atoms with Gasteiger partial charge in [0.05, 0.1) is 0 Å². The minimum absolute atomic E-state index is 0. The van der Waals surface area contributed by atoms with Crippen LogP contribution in [0.1, 0.15) is 11.1 Å². The Kier molecular flexibility index (Phi) is 4.88. The van der Waals surface area contributed by atoms with E-state index in [0.717, 1.165) is 11.1 Å². The molecule has 0 aromatic heterocycles. The first kappa shape index (κ1) is 13.1. The standard InChI is InChI=1S/C13H11ClO.Cu/c14-12-6-7-13(15)11(9-12)8-10-4-2-1-3-5-10;/h1-7,9,15H,8H2;. The van der Waals surface area contributed by atoms with Crippen molar-refractivity contribution < 1.29 is 22.2 Å². The van der Waals surface area contributed by atoms with Gasteiger partial charge in [-0.3, -0.25) is 0 Å². The number of benzene rings is 2. The Morgan fingerprint density at radius 2 is 1.69 bits per heavy atom. The van der Waals surface area contributed by atoms with Gasteiger partial charge in [0.1, 0.15) is 5.75 Å². The minimum atomic E-state index is 0. The van der Waals surface area contributed by atoms with Crippen LogP contribution >= 0.6 is 11.6 Å². The summed E-state index contributed by atoms with van der Waals surface area (Å²) >= 11 is 5.87. The number of halogens is 1. The van der Waals surface area contributed by atoms with Gasteiger partial charge in [-0.1, -0.05) is 41.9 Å². The predicted octanol–water partition coefficient (Wildman–Crippen LogP) is 3.63. The normalized spacial score (nSPS) is 9.56. The number of rotatable bonds is 2. The van der Waals surface area contributed by atoms with Crippen LogP contribution < -0.4 is 0 Å². The summed E-state index contributed by atoms with van der Waals surface area (Å²) in [7, 11) is 0. The van der Waals surface area contributed by atoms with Crippen molar-refractivity contribution in [3.05, 3.63) is 64.7 Å². The number of hydrogen-bond donors (Lipinski definition) is 1. The number of hydrogen-bond acceptors (Lipinski definition) is 1. The van der Waals surface area contributed by atoms with Crippen molar-refractivity contribution in [1.82, 2.24) is 0 Å². The van der Waals surface area contributed by atoms with Crippen LogP contribution in [0.25, 0.3) is 0 Å². The third-order valence-electron chi connectivity index (χ3n) is 2.28. The molecule has 2 aromatic carbocycles. The fourth-order valence-electron chi connectivity index (χ4n) is 1.51. The van der Waals surface area contributed by atoms with Crippen LogP contribution in [0.3, 0.4) is 0 Å². The number of phenols is 1. The fourth-order valence-corrected chi connectivity index (χ4v) is 1.71. The summed E-state index contributed by atoms with van der Waals surface area (Å²) < 4.78 is 0. The van der Waals surface area contributed by atoms with Crippen LogP contribution in [0.5, 0.6) is 5.75 Å². The van der Waals surface area contributed by atoms with E-state index in [4.69, 9.17) is 11.6 Å². The van der Waals surface area contributed by atoms with E-state index in [1.807, 2.05) is 30.3 Å².